The summed E-state index contributed by atoms with van der Waals surface area (Å²) in [6.07, 6.45) is 7.56. The van der Waals surface area contributed by atoms with Crippen molar-refractivity contribution < 1.29 is 4.79 Å². The molecule has 5 heteroatoms. The number of carbonyl (C=O) groups excluding carboxylic acids is 1. The standard InChI is InChI=1S/C22H33N3OS/c1-4-14-24-21(16-27-22(24)23-20-8-6-5-7-9-20)25(18(3)26)15-19-12-10-17(2)11-13-19/h10-13,20-21H,4-9,14-16H2,1-3H3. The molecule has 27 heavy (non-hydrogen) atoms. The average molecular weight is 388 g/mol. The van der Waals surface area contributed by atoms with Gasteiger partial charge in [-0.15, -0.1) is 0 Å². The highest BCUT2D eigenvalue weighted by Gasteiger charge is 2.35. The average Bonchev–Trinajstić information content (AvgIpc) is 3.04. The number of aliphatic imine (C=N–C) groups is 1. The fraction of sp³-hybridized carbons (Fsp3) is 0.636. The Balaban J connectivity index is 1.77. The minimum Gasteiger partial charge on any atom is -0.330 e. The van der Waals surface area contributed by atoms with Gasteiger partial charge in [-0.05, 0) is 31.7 Å². The predicted molar refractivity (Wildman–Crippen MR) is 115 cm³/mol. The Kier molecular flexibility index (Phi) is 7.22. The van der Waals surface area contributed by atoms with Gasteiger partial charge in [0.2, 0.25) is 5.91 Å². The lowest BCUT2D eigenvalue weighted by Gasteiger charge is -2.35. The van der Waals surface area contributed by atoms with Crippen molar-refractivity contribution in [3.05, 3.63) is 35.4 Å². The molecule has 1 aliphatic heterocycles. The summed E-state index contributed by atoms with van der Waals surface area (Å²) in [5.74, 6) is 1.05. The molecular formula is C22H33N3OS. The Morgan fingerprint density at radius 3 is 2.56 bits per heavy atom. The first-order valence-electron chi connectivity index (χ1n) is 10.4. The highest BCUT2D eigenvalue weighted by Crippen LogP contribution is 2.30. The number of amidine groups is 1. The normalized spacial score (nSPS) is 22.4. The number of rotatable bonds is 6. The van der Waals surface area contributed by atoms with Crippen LogP contribution in [-0.4, -0.2) is 45.4 Å². The molecule has 0 spiro atoms. The van der Waals surface area contributed by atoms with E-state index in [-0.39, 0.29) is 12.1 Å². The highest BCUT2D eigenvalue weighted by atomic mass is 32.2. The van der Waals surface area contributed by atoms with Crippen molar-refractivity contribution in [2.45, 2.75) is 78.0 Å². The lowest BCUT2D eigenvalue weighted by Crippen LogP contribution is -2.49. The van der Waals surface area contributed by atoms with Gasteiger partial charge in [0.05, 0.1) is 6.04 Å². The van der Waals surface area contributed by atoms with Crippen molar-refractivity contribution in [3.63, 3.8) is 0 Å². The maximum Gasteiger partial charge on any atom is 0.221 e. The molecule has 0 N–H and O–H groups in total. The molecule has 0 aromatic heterocycles. The first-order valence-corrected chi connectivity index (χ1v) is 11.4. The minimum absolute atomic E-state index is 0.107. The van der Waals surface area contributed by atoms with Gasteiger partial charge in [-0.3, -0.25) is 9.79 Å². The van der Waals surface area contributed by atoms with Gasteiger partial charge in [0.25, 0.3) is 0 Å². The zero-order chi connectivity index (χ0) is 19.2. The molecule has 1 aliphatic carbocycles. The molecule has 1 saturated heterocycles. The Morgan fingerprint density at radius 1 is 1.22 bits per heavy atom. The molecule has 0 radical (unpaired) electrons. The molecule has 2 fully saturated rings. The van der Waals surface area contributed by atoms with Crippen LogP contribution in [0.25, 0.3) is 0 Å². The first-order chi connectivity index (χ1) is 13.1. The van der Waals surface area contributed by atoms with Gasteiger partial charge >= 0.3 is 0 Å². The molecule has 4 nitrogen and oxygen atoms in total. The SMILES string of the molecule is CCCN1C(=NC2CCCCC2)SCC1N(Cc1ccc(C)cc1)C(C)=O. The second-order valence-corrected chi connectivity index (χ2v) is 8.81. The fourth-order valence-corrected chi connectivity index (χ4v) is 5.25. The topological polar surface area (TPSA) is 35.9 Å². The van der Waals surface area contributed by atoms with E-state index in [4.69, 9.17) is 4.99 Å². The van der Waals surface area contributed by atoms with Gasteiger partial charge in [-0.25, -0.2) is 0 Å². The summed E-state index contributed by atoms with van der Waals surface area (Å²) in [4.78, 5) is 22.0. The van der Waals surface area contributed by atoms with E-state index in [1.807, 2.05) is 16.7 Å². The third-order valence-electron chi connectivity index (χ3n) is 5.54. The second kappa shape index (κ2) is 9.63. The summed E-state index contributed by atoms with van der Waals surface area (Å²) in [5, 5.41) is 1.16. The molecule has 1 aromatic rings. The van der Waals surface area contributed by atoms with Crippen LogP contribution in [0.5, 0.6) is 0 Å². The van der Waals surface area contributed by atoms with E-state index < -0.39 is 0 Å². The molecule has 1 atom stereocenters. The van der Waals surface area contributed by atoms with Gasteiger partial charge in [0.1, 0.15) is 6.17 Å². The van der Waals surface area contributed by atoms with Crippen molar-refractivity contribution in [1.29, 1.82) is 0 Å². The number of carbonyl (C=O) groups is 1. The summed E-state index contributed by atoms with van der Waals surface area (Å²) in [5.41, 5.74) is 2.44. The van der Waals surface area contributed by atoms with E-state index >= 15 is 0 Å². The Bertz CT molecular complexity index is 652. The van der Waals surface area contributed by atoms with Gasteiger partial charge < -0.3 is 9.80 Å². The number of amides is 1. The summed E-state index contributed by atoms with van der Waals surface area (Å²) in [6.45, 7) is 7.62. The summed E-state index contributed by atoms with van der Waals surface area (Å²) >= 11 is 1.83. The summed E-state index contributed by atoms with van der Waals surface area (Å²) in [7, 11) is 0. The van der Waals surface area contributed by atoms with Gasteiger partial charge in [-0.1, -0.05) is 67.8 Å². The van der Waals surface area contributed by atoms with Crippen LogP contribution in [0, 0.1) is 6.92 Å². The molecular weight excluding hydrogens is 354 g/mol. The van der Waals surface area contributed by atoms with E-state index in [9.17, 15) is 4.79 Å². The van der Waals surface area contributed by atoms with Crippen molar-refractivity contribution in [1.82, 2.24) is 9.80 Å². The van der Waals surface area contributed by atoms with Crippen LogP contribution in [0.2, 0.25) is 0 Å². The van der Waals surface area contributed by atoms with Crippen LogP contribution in [-0.2, 0) is 11.3 Å². The van der Waals surface area contributed by atoms with Crippen LogP contribution >= 0.6 is 11.8 Å². The Hall–Kier alpha value is -1.49. The lowest BCUT2D eigenvalue weighted by molar-refractivity contribution is -0.133. The fourth-order valence-electron chi connectivity index (χ4n) is 3.99. The first kappa shape index (κ1) is 20.2. The van der Waals surface area contributed by atoms with Crippen LogP contribution in [0.1, 0.15) is 63.5 Å². The molecule has 2 aliphatic rings. The van der Waals surface area contributed by atoms with Gasteiger partial charge in [-0.2, -0.15) is 0 Å². The van der Waals surface area contributed by atoms with Crippen LogP contribution in [0.15, 0.2) is 29.3 Å². The van der Waals surface area contributed by atoms with E-state index in [0.717, 1.165) is 23.9 Å². The van der Waals surface area contributed by atoms with Crippen LogP contribution < -0.4 is 0 Å². The Morgan fingerprint density at radius 2 is 1.93 bits per heavy atom. The molecule has 1 unspecified atom stereocenters. The zero-order valence-corrected chi connectivity index (χ0v) is 17.8. The van der Waals surface area contributed by atoms with E-state index in [2.05, 4.69) is 43.0 Å². The van der Waals surface area contributed by atoms with Crippen molar-refractivity contribution in [3.8, 4) is 0 Å². The molecule has 3 rings (SSSR count). The summed E-state index contributed by atoms with van der Waals surface area (Å²) in [6, 6.07) is 8.98. The number of benzene rings is 1. The van der Waals surface area contributed by atoms with E-state index in [1.54, 1.807) is 6.92 Å². The minimum atomic E-state index is 0.107. The number of hydrogen-bond donors (Lipinski definition) is 0. The molecule has 1 heterocycles. The third kappa shape index (κ3) is 5.28. The van der Waals surface area contributed by atoms with Gasteiger partial charge in [0.15, 0.2) is 5.17 Å². The molecule has 1 saturated carbocycles. The maximum atomic E-state index is 12.5. The number of thioether (sulfide) groups is 1. The quantitative estimate of drug-likeness (QED) is 0.702. The molecule has 1 amide bonds. The molecule has 148 valence electrons. The van der Waals surface area contributed by atoms with Crippen molar-refractivity contribution in [2.75, 3.05) is 12.3 Å². The zero-order valence-electron chi connectivity index (χ0n) is 17.0. The van der Waals surface area contributed by atoms with Crippen molar-refractivity contribution in [2.24, 2.45) is 4.99 Å². The maximum absolute atomic E-state index is 12.5. The number of aryl methyl sites for hydroxylation is 1. The number of nitrogens with zero attached hydrogens (tertiary/aromatic N) is 3. The molecule has 0 bridgehead atoms. The third-order valence-corrected chi connectivity index (χ3v) is 6.60. The Labute approximate surface area is 168 Å². The second-order valence-electron chi connectivity index (χ2n) is 7.82. The van der Waals surface area contributed by atoms with E-state index in [0.29, 0.717) is 12.6 Å². The molecule has 1 aromatic carbocycles. The monoisotopic (exact) mass is 387 g/mol. The predicted octanol–water partition coefficient (Wildman–Crippen LogP) is 4.82. The van der Waals surface area contributed by atoms with Crippen molar-refractivity contribution >= 4 is 22.8 Å². The van der Waals surface area contributed by atoms with Gasteiger partial charge in [0, 0.05) is 25.8 Å². The smallest absolute Gasteiger partial charge is 0.221 e. The van der Waals surface area contributed by atoms with E-state index in [1.165, 1.54) is 43.2 Å². The largest absolute Gasteiger partial charge is 0.330 e. The highest BCUT2D eigenvalue weighted by molar-refractivity contribution is 8.14. The lowest BCUT2D eigenvalue weighted by atomic mass is 9.96. The summed E-state index contributed by atoms with van der Waals surface area (Å²) < 4.78 is 0. The van der Waals surface area contributed by atoms with Crippen LogP contribution in [0.4, 0.5) is 0 Å². The number of hydrogen-bond acceptors (Lipinski definition) is 3. The van der Waals surface area contributed by atoms with Crippen LogP contribution in [0.3, 0.4) is 0 Å².